The third-order valence-electron chi connectivity index (χ3n) is 7.72. The molecular weight excluding hydrogens is 658 g/mol. The number of unbranched alkanes of at least 4 members (excludes halogenated alkanes) is 10. The zero-order valence-electron chi connectivity index (χ0n) is 29.2. The molecule has 0 fully saturated rings. The monoisotopic (exact) mass is 711 g/mol. The lowest BCUT2D eigenvalue weighted by Gasteiger charge is -2.22. The lowest BCUT2D eigenvalue weighted by atomic mass is 10.1. The number of benzene rings is 2. The summed E-state index contributed by atoms with van der Waals surface area (Å²) in [6.45, 7) is 5.98. The van der Waals surface area contributed by atoms with Crippen LogP contribution >= 0.6 is 11.6 Å². The number of phenols is 1. The van der Waals surface area contributed by atoms with Crippen LogP contribution in [0.2, 0.25) is 5.02 Å². The van der Waals surface area contributed by atoms with Gasteiger partial charge in [0.15, 0.2) is 0 Å². The van der Waals surface area contributed by atoms with Crippen LogP contribution in [0.25, 0.3) is 0 Å². The summed E-state index contributed by atoms with van der Waals surface area (Å²) in [4.78, 5) is 27.0. The summed E-state index contributed by atoms with van der Waals surface area (Å²) in [5.74, 6) is -1.09. The van der Waals surface area contributed by atoms with Crippen LogP contribution in [0, 0.1) is 6.92 Å². The summed E-state index contributed by atoms with van der Waals surface area (Å²) in [6.07, 6.45) is 13.7. The molecule has 48 heavy (non-hydrogen) atoms. The van der Waals surface area contributed by atoms with Crippen LogP contribution in [0.1, 0.15) is 113 Å². The van der Waals surface area contributed by atoms with Gasteiger partial charge < -0.3 is 24.6 Å². The number of sulfonamides is 1. The number of carbonyl (C=O) groups is 2. The number of rotatable bonds is 24. The van der Waals surface area contributed by atoms with Gasteiger partial charge in [-0.2, -0.15) is 0 Å². The summed E-state index contributed by atoms with van der Waals surface area (Å²) in [6, 6.07) is 5.52. The second kappa shape index (κ2) is 21.8. The predicted molar refractivity (Wildman–Crippen MR) is 191 cm³/mol. The number of nitrogens with zero attached hydrogens (tertiary/aromatic N) is 1. The fourth-order valence-electron chi connectivity index (χ4n) is 5.27. The van der Waals surface area contributed by atoms with E-state index in [4.69, 9.17) is 25.8 Å². The lowest BCUT2D eigenvalue weighted by molar-refractivity contribution is -0.116. The van der Waals surface area contributed by atoms with E-state index in [9.17, 15) is 23.1 Å². The third-order valence-corrected chi connectivity index (χ3v) is 9.59. The number of halogens is 1. The molecule has 13 heteroatoms. The molecule has 0 aliphatic heterocycles. The Morgan fingerprint density at radius 2 is 1.44 bits per heavy atom. The summed E-state index contributed by atoms with van der Waals surface area (Å²) in [7, 11) is -1.57. The van der Waals surface area contributed by atoms with E-state index in [1.165, 1.54) is 77.4 Å². The summed E-state index contributed by atoms with van der Waals surface area (Å²) >= 11 is 6.22. The van der Waals surface area contributed by atoms with Crippen molar-refractivity contribution in [2.45, 2.75) is 109 Å². The van der Waals surface area contributed by atoms with Gasteiger partial charge in [-0.25, -0.2) is 8.42 Å². The number of ether oxygens (including phenoxy) is 3. The van der Waals surface area contributed by atoms with Crippen LogP contribution in [0.15, 0.2) is 29.2 Å². The molecule has 2 aromatic carbocycles. The number of hydrogen-bond acceptors (Lipinski definition) is 8. The zero-order valence-corrected chi connectivity index (χ0v) is 30.7. The number of aryl methyl sites for hydroxylation is 1. The smallest absolute Gasteiger partial charge is 0.264 e. The number of methoxy groups -OCH3 is 2. The van der Waals surface area contributed by atoms with Gasteiger partial charge in [-0.15, -0.1) is 0 Å². The van der Waals surface area contributed by atoms with Gasteiger partial charge in [0.25, 0.3) is 15.9 Å². The van der Waals surface area contributed by atoms with Crippen molar-refractivity contribution in [3.8, 4) is 11.5 Å². The molecule has 2 aromatic rings. The van der Waals surface area contributed by atoms with Crippen molar-refractivity contribution >= 4 is 44.8 Å². The first-order valence-corrected chi connectivity index (χ1v) is 18.7. The number of hydrogen-bond donors (Lipinski definition) is 3. The summed E-state index contributed by atoms with van der Waals surface area (Å²) < 4.78 is 46.3. The van der Waals surface area contributed by atoms with Gasteiger partial charge in [-0.1, -0.05) is 89.7 Å². The first-order valence-electron chi connectivity index (χ1n) is 16.9. The molecule has 0 bridgehead atoms. The number of anilines is 2. The zero-order chi connectivity index (χ0) is 35.5. The Balaban J connectivity index is 2.26. The van der Waals surface area contributed by atoms with Crippen LogP contribution in [0.4, 0.5) is 11.4 Å². The van der Waals surface area contributed by atoms with Gasteiger partial charge in [-0.05, 0) is 43.5 Å². The van der Waals surface area contributed by atoms with Crippen LogP contribution in [0.3, 0.4) is 0 Å². The molecule has 3 N–H and O–H groups in total. The number of amides is 2. The molecule has 0 unspecified atom stereocenters. The molecule has 0 saturated carbocycles. The Labute approximate surface area is 291 Å². The fourth-order valence-corrected chi connectivity index (χ4v) is 6.90. The van der Waals surface area contributed by atoms with E-state index in [1.54, 1.807) is 13.0 Å². The second-order valence-corrected chi connectivity index (χ2v) is 14.0. The van der Waals surface area contributed by atoms with E-state index in [-0.39, 0.29) is 52.6 Å². The number of aromatic hydroxyl groups is 1. The van der Waals surface area contributed by atoms with Crippen molar-refractivity contribution in [1.82, 2.24) is 4.90 Å². The average Bonchev–Trinajstić information content (AvgIpc) is 3.03. The maximum Gasteiger partial charge on any atom is 0.264 e. The van der Waals surface area contributed by atoms with Gasteiger partial charge in [-0.3, -0.25) is 19.2 Å². The van der Waals surface area contributed by atoms with Crippen molar-refractivity contribution in [3.63, 3.8) is 0 Å². The Kier molecular flexibility index (Phi) is 18.7. The highest BCUT2D eigenvalue weighted by Crippen LogP contribution is 2.36. The highest BCUT2D eigenvalue weighted by atomic mass is 35.5. The Morgan fingerprint density at radius 1 is 0.854 bits per heavy atom. The molecular formula is C35H54ClN3O8S. The summed E-state index contributed by atoms with van der Waals surface area (Å²) in [5.41, 5.74) is 0.102. The molecule has 0 aromatic heterocycles. The van der Waals surface area contributed by atoms with E-state index in [0.717, 1.165) is 30.6 Å². The predicted octanol–water partition coefficient (Wildman–Crippen LogP) is 8.23. The minimum Gasteiger partial charge on any atom is -0.506 e. The second-order valence-electron chi connectivity index (χ2n) is 11.9. The van der Waals surface area contributed by atoms with E-state index in [0.29, 0.717) is 24.3 Å². The van der Waals surface area contributed by atoms with E-state index < -0.39 is 21.7 Å². The van der Waals surface area contributed by atoms with E-state index in [1.807, 2.05) is 6.92 Å². The Bertz CT molecular complexity index is 1420. The van der Waals surface area contributed by atoms with Gasteiger partial charge in [0.05, 0.1) is 28.6 Å². The average molecular weight is 712 g/mol. The normalized spacial score (nSPS) is 11.4. The number of nitrogens with one attached hydrogen (secondary N) is 2. The molecule has 0 aliphatic carbocycles. The minimum atomic E-state index is -4.35. The first kappa shape index (κ1) is 41.1. The van der Waals surface area contributed by atoms with Gasteiger partial charge >= 0.3 is 0 Å². The van der Waals surface area contributed by atoms with Crippen molar-refractivity contribution in [2.24, 2.45) is 0 Å². The molecule has 0 aliphatic rings. The molecule has 0 saturated heterocycles. The van der Waals surface area contributed by atoms with Crippen molar-refractivity contribution < 1.29 is 37.3 Å². The third kappa shape index (κ3) is 13.4. The van der Waals surface area contributed by atoms with Crippen LogP contribution in [-0.4, -0.2) is 64.5 Å². The number of phenolic OH excluding ortho intramolecular Hbond substituents is 1. The molecule has 2 amide bonds. The Hall–Kier alpha value is -3.06. The van der Waals surface area contributed by atoms with Gasteiger partial charge in [0, 0.05) is 26.7 Å². The maximum atomic E-state index is 13.9. The molecule has 270 valence electrons. The SMILES string of the molecule is CCCCCCCCCCCCOc1cc(C)c(S(=O)(=O)Nc2cc(Cl)c(O)c(C(=O)N(COC)COC)c2)c(NC(=O)CCCC)c1. The van der Waals surface area contributed by atoms with Crippen LogP contribution in [-0.2, 0) is 24.3 Å². The molecule has 11 nitrogen and oxygen atoms in total. The fraction of sp³-hybridized carbons (Fsp3) is 0.600. The highest BCUT2D eigenvalue weighted by Gasteiger charge is 2.27. The first-order chi connectivity index (χ1) is 23.0. The lowest BCUT2D eigenvalue weighted by Crippen LogP contribution is -2.34. The highest BCUT2D eigenvalue weighted by molar-refractivity contribution is 7.93. The van der Waals surface area contributed by atoms with Crippen molar-refractivity contribution in [2.75, 3.05) is 44.3 Å². The quantitative estimate of drug-likeness (QED) is 0.0561. The molecule has 2 rings (SSSR count). The molecule has 0 spiro atoms. The van der Waals surface area contributed by atoms with Crippen LogP contribution in [0.5, 0.6) is 11.5 Å². The summed E-state index contributed by atoms with van der Waals surface area (Å²) in [5, 5.41) is 13.1. The maximum absolute atomic E-state index is 13.9. The van der Waals surface area contributed by atoms with Crippen LogP contribution < -0.4 is 14.8 Å². The standard InChI is InChI=1S/C35H54ClN3O8S/c1-6-8-10-11-12-13-14-15-16-17-19-47-28-20-26(3)34(31(23-28)37-32(40)18-9-7-2)48(43,44)38-27-21-29(33(41)30(36)22-27)35(42)39(24-45-4)25-46-5/h20-23,38,41H,6-19,24-25H2,1-5H3,(H,37,40). The molecule has 0 atom stereocenters. The molecule has 0 heterocycles. The largest absolute Gasteiger partial charge is 0.506 e. The van der Waals surface area contributed by atoms with Crippen molar-refractivity contribution in [3.05, 3.63) is 40.4 Å². The minimum absolute atomic E-state index is 0.0696. The van der Waals surface area contributed by atoms with Gasteiger partial charge in [0.1, 0.15) is 29.9 Å². The van der Waals surface area contributed by atoms with E-state index in [2.05, 4.69) is 17.0 Å². The van der Waals surface area contributed by atoms with Gasteiger partial charge in [0.2, 0.25) is 5.91 Å². The molecule has 0 radical (unpaired) electrons. The number of carbonyl (C=O) groups excluding carboxylic acids is 2. The van der Waals surface area contributed by atoms with Crippen molar-refractivity contribution in [1.29, 1.82) is 0 Å². The van der Waals surface area contributed by atoms with E-state index >= 15 is 0 Å². The Morgan fingerprint density at radius 3 is 2.02 bits per heavy atom. The topological polar surface area (TPSA) is 144 Å².